The van der Waals surface area contributed by atoms with Gasteiger partial charge in [-0.3, -0.25) is 0 Å². The standard InChI is InChI=1S/C13H17ClO/c14-13-8-4-5-11(13)9-10-15-12-6-2-1-3-7-12/h1-3,6-7,11,13H,4-5,8-10H2. The van der Waals surface area contributed by atoms with E-state index in [0.717, 1.165) is 18.8 Å². The van der Waals surface area contributed by atoms with E-state index in [1.165, 1.54) is 19.3 Å². The third-order valence-electron chi connectivity index (χ3n) is 3.07. The van der Waals surface area contributed by atoms with Crippen LogP contribution in [0.15, 0.2) is 30.3 Å². The topological polar surface area (TPSA) is 9.23 Å². The van der Waals surface area contributed by atoms with Crippen LogP contribution in [0.5, 0.6) is 5.75 Å². The molecule has 1 aliphatic rings. The van der Waals surface area contributed by atoms with Gasteiger partial charge in [0.15, 0.2) is 0 Å². The first-order valence-electron chi connectivity index (χ1n) is 5.68. The van der Waals surface area contributed by atoms with Gasteiger partial charge in [0.25, 0.3) is 0 Å². The lowest BCUT2D eigenvalue weighted by atomic mass is 10.0. The van der Waals surface area contributed by atoms with Gasteiger partial charge in [-0.2, -0.15) is 0 Å². The van der Waals surface area contributed by atoms with Gasteiger partial charge in [0.05, 0.1) is 6.61 Å². The van der Waals surface area contributed by atoms with E-state index in [-0.39, 0.29) is 0 Å². The maximum Gasteiger partial charge on any atom is 0.119 e. The fourth-order valence-corrected chi connectivity index (χ4v) is 2.57. The number of ether oxygens (including phenoxy) is 1. The summed E-state index contributed by atoms with van der Waals surface area (Å²) in [4.78, 5) is 0. The molecule has 2 atom stereocenters. The molecule has 2 rings (SSSR count). The van der Waals surface area contributed by atoms with Gasteiger partial charge in [-0.25, -0.2) is 0 Å². The minimum Gasteiger partial charge on any atom is -0.494 e. The van der Waals surface area contributed by atoms with Gasteiger partial charge in [0, 0.05) is 5.38 Å². The van der Waals surface area contributed by atoms with Crippen molar-refractivity contribution in [2.24, 2.45) is 5.92 Å². The molecule has 1 nitrogen and oxygen atoms in total. The van der Waals surface area contributed by atoms with Crippen LogP contribution < -0.4 is 4.74 Å². The van der Waals surface area contributed by atoms with Crippen LogP contribution in [-0.4, -0.2) is 12.0 Å². The maximum atomic E-state index is 6.20. The van der Waals surface area contributed by atoms with Crippen LogP contribution in [0, 0.1) is 5.92 Å². The highest BCUT2D eigenvalue weighted by Crippen LogP contribution is 2.32. The van der Waals surface area contributed by atoms with Gasteiger partial charge in [-0.15, -0.1) is 11.6 Å². The average molecular weight is 225 g/mol. The molecular weight excluding hydrogens is 208 g/mol. The average Bonchev–Trinajstić information content (AvgIpc) is 2.66. The number of hydrogen-bond donors (Lipinski definition) is 0. The highest BCUT2D eigenvalue weighted by atomic mass is 35.5. The quantitative estimate of drug-likeness (QED) is 0.706. The van der Waals surface area contributed by atoms with Gasteiger partial charge in [0.1, 0.15) is 5.75 Å². The van der Waals surface area contributed by atoms with E-state index in [0.29, 0.717) is 11.3 Å². The van der Waals surface area contributed by atoms with Gasteiger partial charge in [0.2, 0.25) is 0 Å². The second-order valence-electron chi connectivity index (χ2n) is 4.16. The molecule has 0 heterocycles. The molecule has 0 N–H and O–H groups in total. The Morgan fingerprint density at radius 2 is 2.00 bits per heavy atom. The zero-order valence-electron chi connectivity index (χ0n) is 8.86. The predicted octanol–water partition coefficient (Wildman–Crippen LogP) is 3.86. The summed E-state index contributed by atoms with van der Waals surface area (Å²) in [5.74, 6) is 1.62. The molecule has 1 aromatic carbocycles. The number of alkyl halides is 1. The number of rotatable bonds is 4. The maximum absolute atomic E-state index is 6.20. The molecule has 0 amide bonds. The fraction of sp³-hybridized carbons (Fsp3) is 0.538. The summed E-state index contributed by atoms with van der Waals surface area (Å²) in [5.41, 5.74) is 0. The van der Waals surface area contributed by atoms with Gasteiger partial charge < -0.3 is 4.74 Å². The monoisotopic (exact) mass is 224 g/mol. The lowest BCUT2D eigenvalue weighted by molar-refractivity contribution is 0.280. The summed E-state index contributed by atoms with van der Waals surface area (Å²) in [7, 11) is 0. The summed E-state index contributed by atoms with van der Waals surface area (Å²) in [6.45, 7) is 0.790. The van der Waals surface area contributed by atoms with Crippen LogP contribution in [-0.2, 0) is 0 Å². The second kappa shape index (κ2) is 5.41. The molecule has 0 aliphatic heterocycles. The highest BCUT2D eigenvalue weighted by Gasteiger charge is 2.24. The van der Waals surface area contributed by atoms with E-state index >= 15 is 0 Å². The smallest absolute Gasteiger partial charge is 0.119 e. The van der Waals surface area contributed by atoms with Crippen molar-refractivity contribution in [3.05, 3.63) is 30.3 Å². The van der Waals surface area contributed by atoms with E-state index in [9.17, 15) is 0 Å². The Bertz CT molecular complexity index is 286. The largest absolute Gasteiger partial charge is 0.494 e. The molecular formula is C13H17ClO. The van der Waals surface area contributed by atoms with Crippen molar-refractivity contribution in [3.8, 4) is 5.75 Å². The van der Waals surface area contributed by atoms with Crippen molar-refractivity contribution < 1.29 is 4.74 Å². The first-order valence-corrected chi connectivity index (χ1v) is 6.12. The minimum absolute atomic E-state index is 0.379. The Balaban J connectivity index is 1.71. The molecule has 1 saturated carbocycles. The number of para-hydroxylation sites is 1. The van der Waals surface area contributed by atoms with Crippen molar-refractivity contribution in [3.63, 3.8) is 0 Å². The highest BCUT2D eigenvalue weighted by molar-refractivity contribution is 6.20. The lowest BCUT2D eigenvalue weighted by Gasteiger charge is -2.13. The Morgan fingerprint density at radius 3 is 2.67 bits per heavy atom. The van der Waals surface area contributed by atoms with Crippen LogP contribution in [0.1, 0.15) is 25.7 Å². The molecule has 2 unspecified atom stereocenters. The van der Waals surface area contributed by atoms with Crippen molar-refractivity contribution in [2.75, 3.05) is 6.61 Å². The third-order valence-corrected chi connectivity index (χ3v) is 3.64. The fourth-order valence-electron chi connectivity index (χ4n) is 2.16. The van der Waals surface area contributed by atoms with Crippen LogP contribution in [0.4, 0.5) is 0 Å². The van der Waals surface area contributed by atoms with E-state index in [2.05, 4.69) is 0 Å². The summed E-state index contributed by atoms with van der Waals surface area (Å²) >= 11 is 6.20. The molecule has 0 saturated heterocycles. The molecule has 0 bridgehead atoms. The summed E-state index contributed by atoms with van der Waals surface area (Å²) < 4.78 is 5.66. The first-order chi connectivity index (χ1) is 7.36. The molecule has 0 spiro atoms. The first kappa shape index (κ1) is 10.8. The van der Waals surface area contributed by atoms with Crippen LogP contribution >= 0.6 is 11.6 Å². The molecule has 0 aromatic heterocycles. The molecule has 82 valence electrons. The minimum atomic E-state index is 0.379. The van der Waals surface area contributed by atoms with E-state index in [1.54, 1.807) is 0 Å². The Kier molecular flexibility index (Phi) is 3.90. The van der Waals surface area contributed by atoms with E-state index in [1.807, 2.05) is 30.3 Å². The van der Waals surface area contributed by atoms with E-state index in [4.69, 9.17) is 16.3 Å². The van der Waals surface area contributed by atoms with Crippen molar-refractivity contribution in [2.45, 2.75) is 31.1 Å². The molecule has 0 radical (unpaired) electrons. The Morgan fingerprint density at radius 1 is 1.20 bits per heavy atom. The van der Waals surface area contributed by atoms with Crippen molar-refractivity contribution in [1.29, 1.82) is 0 Å². The number of benzene rings is 1. The predicted molar refractivity (Wildman–Crippen MR) is 63.5 cm³/mol. The van der Waals surface area contributed by atoms with Crippen molar-refractivity contribution >= 4 is 11.6 Å². The van der Waals surface area contributed by atoms with Crippen LogP contribution in [0.3, 0.4) is 0 Å². The zero-order chi connectivity index (χ0) is 10.5. The summed E-state index contributed by atoms with van der Waals surface area (Å²) in [6, 6.07) is 9.97. The van der Waals surface area contributed by atoms with Crippen LogP contribution in [0.2, 0.25) is 0 Å². The lowest BCUT2D eigenvalue weighted by Crippen LogP contribution is -2.11. The number of hydrogen-bond acceptors (Lipinski definition) is 1. The van der Waals surface area contributed by atoms with Gasteiger partial charge in [-0.05, 0) is 37.3 Å². The molecule has 15 heavy (non-hydrogen) atoms. The molecule has 1 fully saturated rings. The van der Waals surface area contributed by atoms with E-state index < -0.39 is 0 Å². The Labute approximate surface area is 96.4 Å². The molecule has 2 heteroatoms. The van der Waals surface area contributed by atoms with Crippen LogP contribution in [0.25, 0.3) is 0 Å². The SMILES string of the molecule is ClC1CCCC1CCOc1ccccc1. The summed E-state index contributed by atoms with van der Waals surface area (Å²) in [5, 5.41) is 0.379. The van der Waals surface area contributed by atoms with Crippen molar-refractivity contribution in [1.82, 2.24) is 0 Å². The Hall–Kier alpha value is -0.690. The second-order valence-corrected chi connectivity index (χ2v) is 4.72. The molecule has 1 aliphatic carbocycles. The zero-order valence-corrected chi connectivity index (χ0v) is 9.62. The normalized spacial score (nSPS) is 25.4. The number of halogens is 1. The van der Waals surface area contributed by atoms with Gasteiger partial charge >= 0.3 is 0 Å². The molecule has 1 aromatic rings. The summed E-state index contributed by atoms with van der Waals surface area (Å²) in [6.07, 6.45) is 4.82. The van der Waals surface area contributed by atoms with Gasteiger partial charge in [-0.1, -0.05) is 24.6 Å². The third kappa shape index (κ3) is 3.13.